The van der Waals surface area contributed by atoms with Gasteiger partial charge >= 0.3 is 5.97 Å². The molecule has 0 saturated carbocycles. The van der Waals surface area contributed by atoms with E-state index in [4.69, 9.17) is 5.11 Å². The van der Waals surface area contributed by atoms with E-state index in [1.807, 2.05) is 0 Å². The predicted octanol–water partition coefficient (Wildman–Crippen LogP) is -0.861. The van der Waals surface area contributed by atoms with Crippen LogP contribution in [-0.2, 0) is 9.59 Å². The quantitative estimate of drug-likeness (QED) is 0.550. The van der Waals surface area contributed by atoms with Gasteiger partial charge in [-0.2, -0.15) is 0 Å². The van der Waals surface area contributed by atoms with E-state index in [1.165, 1.54) is 6.92 Å². The van der Waals surface area contributed by atoms with Crippen molar-refractivity contribution >= 4 is 11.9 Å². The summed E-state index contributed by atoms with van der Waals surface area (Å²) in [5.74, 6) is -2.25. The summed E-state index contributed by atoms with van der Waals surface area (Å²) < 4.78 is 0. The molecule has 2 N–H and O–H groups in total. The Bertz CT molecular complexity index is 211. The first-order valence-corrected chi connectivity index (χ1v) is 4.35. The Balaban J connectivity index is 2.50. The molecule has 1 saturated heterocycles. The van der Waals surface area contributed by atoms with Crippen LogP contribution in [0.3, 0.4) is 0 Å². The number of nitrogens with one attached hydrogen (secondary N) is 1. The summed E-state index contributed by atoms with van der Waals surface area (Å²) in [4.78, 5) is 23.6. The van der Waals surface area contributed by atoms with Gasteiger partial charge in [-0.1, -0.05) is 0 Å². The standard InChI is InChI=1S/C8H14N2O3/c1-6(8(12)13)7(11)10-4-2-9-3-5-10/h6,9H,2-5H2,1H3,(H,12,13). The van der Waals surface area contributed by atoms with Crippen LogP contribution in [0.2, 0.25) is 0 Å². The van der Waals surface area contributed by atoms with Gasteiger partial charge in [0, 0.05) is 26.2 Å². The normalized spacial score (nSPS) is 19.6. The van der Waals surface area contributed by atoms with E-state index in [-0.39, 0.29) is 5.91 Å². The third kappa shape index (κ3) is 2.42. The van der Waals surface area contributed by atoms with Crippen LogP contribution in [0.1, 0.15) is 6.92 Å². The molecule has 0 aromatic heterocycles. The summed E-state index contributed by atoms with van der Waals surface area (Å²) in [6.07, 6.45) is 0. The minimum atomic E-state index is -1.05. The topological polar surface area (TPSA) is 69.6 Å². The number of aliphatic carboxylic acids is 1. The summed E-state index contributed by atoms with van der Waals surface area (Å²) in [6, 6.07) is 0. The minimum Gasteiger partial charge on any atom is -0.481 e. The average Bonchev–Trinajstić information content (AvgIpc) is 2.17. The molecule has 5 heteroatoms. The van der Waals surface area contributed by atoms with Crippen LogP contribution in [0, 0.1) is 5.92 Å². The summed E-state index contributed by atoms with van der Waals surface area (Å²) in [5, 5.41) is 11.7. The summed E-state index contributed by atoms with van der Waals surface area (Å²) >= 11 is 0. The third-order valence-electron chi connectivity index (χ3n) is 2.17. The lowest BCUT2D eigenvalue weighted by Crippen LogP contribution is -2.49. The van der Waals surface area contributed by atoms with Crippen LogP contribution >= 0.6 is 0 Å². The van der Waals surface area contributed by atoms with Crippen molar-refractivity contribution in [3.05, 3.63) is 0 Å². The lowest BCUT2D eigenvalue weighted by atomic mass is 10.1. The van der Waals surface area contributed by atoms with Gasteiger partial charge in [0.05, 0.1) is 0 Å². The molecular weight excluding hydrogens is 172 g/mol. The fraction of sp³-hybridized carbons (Fsp3) is 0.750. The van der Waals surface area contributed by atoms with Gasteiger partial charge in [-0.05, 0) is 6.92 Å². The molecule has 0 bridgehead atoms. The highest BCUT2D eigenvalue weighted by Gasteiger charge is 2.26. The van der Waals surface area contributed by atoms with Gasteiger partial charge < -0.3 is 15.3 Å². The maximum atomic E-state index is 11.5. The summed E-state index contributed by atoms with van der Waals surface area (Å²) in [5.41, 5.74) is 0. The van der Waals surface area contributed by atoms with Crippen molar-refractivity contribution in [2.24, 2.45) is 5.92 Å². The third-order valence-corrected chi connectivity index (χ3v) is 2.17. The largest absolute Gasteiger partial charge is 0.481 e. The number of carbonyl (C=O) groups is 2. The first kappa shape index (κ1) is 9.98. The first-order chi connectivity index (χ1) is 6.13. The van der Waals surface area contributed by atoms with Gasteiger partial charge in [0.25, 0.3) is 0 Å². The molecule has 1 heterocycles. The van der Waals surface area contributed by atoms with Gasteiger partial charge in [-0.15, -0.1) is 0 Å². The molecule has 1 amide bonds. The van der Waals surface area contributed by atoms with E-state index in [9.17, 15) is 9.59 Å². The number of hydrogen-bond donors (Lipinski definition) is 2. The highest BCUT2D eigenvalue weighted by atomic mass is 16.4. The number of carbonyl (C=O) groups excluding carboxylic acids is 1. The second kappa shape index (κ2) is 4.23. The van der Waals surface area contributed by atoms with E-state index < -0.39 is 11.9 Å². The molecule has 74 valence electrons. The number of carboxylic acids is 1. The zero-order valence-corrected chi connectivity index (χ0v) is 7.62. The monoisotopic (exact) mass is 186 g/mol. The van der Waals surface area contributed by atoms with E-state index in [0.29, 0.717) is 13.1 Å². The maximum absolute atomic E-state index is 11.5. The summed E-state index contributed by atoms with van der Waals surface area (Å²) in [6.45, 7) is 4.13. The van der Waals surface area contributed by atoms with Crippen LogP contribution in [0.15, 0.2) is 0 Å². The molecule has 0 aromatic rings. The van der Waals surface area contributed by atoms with Gasteiger partial charge in [0.1, 0.15) is 5.92 Å². The van der Waals surface area contributed by atoms with Crippen LogP contribution in [0.4, 0.5) is 0 Å². The Morgan fingerprint density at radius 2 is 1.92 bits per heavy atom. The van der Waals surface area contributed by atoms with Crippen molar-refractivity contribution in [2.75, 3.05) is 26.2 Å². The Hall–Kier alpha value is -1.10. The van der Waals surface area contributed by atoms with Crippen LogP contribution in [0.25, 0.3) is 0 Å². The highest BCUT2D eigenvalue weighted by Crippen LogP contribution is 2.03. The Morgan fingerprint density at radius 3 is 2.38 bits per heavy atom. The molecule has 0 radical (unpaired) electrons. The molecule has 5 nitrogen and oxygen atoms in total. The Kier molecular flexibility index (Phi) is 3.25. The number of nitrogens with zero attached hydrogens (tertiary/aromatic N) is 1. The minimum absolute atomic E-state index is 0.283. The second-order valence-corrected chi connectivity index (χ2v) is 3.14. The lowest BCUT2D eigenvalue weighted by Gasteiger charge is -2.28. The van der Waals surface area contributed by atoms with Crippen molar-refractivity contribution in [2.45, 2.75) is 6.92 Å². The SMILES string of the molecule is CC(C(=O)O)C(=O)N1CCNCC1. The lowest BCUT2D eigenvalue weighted by molar-refractivity contribution is -0.150. The van der Waals surface area contributed by atoms with E-state index in [1.54, 1.807) is 4.90 Å². The van der Waals surface area contributed by atoms with Crippen LogP contribution in [0.5, 0.6) is 0 Å². The highest BCUT2D eigenvalue weighted by molar-refractivity contribution is 5.96. The van der Waals surface area contributed by atoms with Crippen molar-refractivity contribution < 1.29 is 14.7 Å². The van der Waals surface area contributed by atoms with Crippen LogP contribution in [-0.4, -0.2) is 48.1 Å². The molecule has 0 spiro atoms. The average molecular weight is 186 g/mol. The number of rotatable bonds is 2. The molecule has 1 fully saturated rings. The number of hydrogen-bond acceptors (Lipinski definition) is 3. The van der Waals surface area contributed by atoms with E-state index >= 15 is 0 Å². The molecular formula is C8H14N2O3. The van der Waals surface area contributed by atoms with E-state index in [2.05, 4.69) is 5.32 Å². The summed E-state index contributed by atoms with van der Waals surface area (Å²) in [7, 11) is 0. The Morgan fingerprint density at radius 1 is 1.38 bits per heavy atom. The zero-order valence-electron chi connectivity index (χ0n) is 7.62. The number of piperazine rings is 1. The molecule has 1 atom stereocenters. The first-order valence-electron chi connectivity index (χ1n) is 4.35. The van der Waals surface area contributed by atoms with Crippen molar-refractivity contribution in [1.82, 2.24) is 10.2 Å². The fourth-order valence-corrected chi connectivity index (χ4v) is 1.26. The number of carboxylic acid groups (broad SMARTS) is 1. The van der Waals surface area contributed by atoms with Gasteiger partial charge in [-0.3, -0.25) is 9.59 Å². The predicted molar refractivity (Wildman–Crippen MR) is 46.2 cm³/mol. The molecule has 1 rings (SSSR count). The zero-order chi connectivity index (χ0) is 9.84. The molecule has 1 aliphatic heterocycles. The smallest absolute Gasteiger partial charge is 0.315 e. The molecule has 13 heavy (non-hydrogen) atoms. The van der Waals surface area contributed by atoms with Crippen molar-refractivity contribution in [3.8, 4) is 0 Å². The fourth-order valence-electron chi connectivity index (χ4n) is 1.26. The van der Waals surface area contributed by atoms with Crippen LogP contribution < -0.4 is 5.32 Å². The number of amides is 1. The molecule has 0 aromatic carbocycles. The van der Waals surface area contributed by atoms with Gasteiger partial charge in [-0.25, -0.2) is 0 Å². The molecule has 1 unspecified atom stereocenters. The van der Waals surface area contributed by atoms with Crippen molar-refractivity contribution in [1.29, 1.82) is 0 Å². The van der Waals surface area contributed by atoms with E-state index in [0.717, 1.165) is 13.1 Å². The van der Waals surface area contributed by atoms with Gasteiger partial charge in [0.2, 0.25) is 5.91 Å². The second-order valence-electron chi connectivity index (χ2n) is 3.14. The molecule has 1 aliphatic rings. The van der Waals surface area contributed by atoms with Gasteiger partial charge in [0.15, 0.2) is 0 Å². The maximum Gasteiger partial charge on any atom is 0.315 e. The van der Waals surface area contributed by atoms with Crippen molar-refractivity contribution in [3.63, 3.8) is 0 Å². The Labute approximate surface area is 76.7 Å². The molecule has 0 aliphatic carbocycles.